The Morgan fingerprint density at radius 3 is 2.90 bits per heavy atom. The molecule has 2 aromatic heterocycles. The van der Waals surface area contributed by atoms with Crippen molar-refractivity contribution in [3.8, 4) is 5.75 Å². The molecule has 20 heavy (non-hydrogen) atoms. The molecule has 0 fully saturated rings. The summed E-state index contributed by atoms with van der Waals surface area (Å²) in [7, 11) is 1.68. The van der Waals surface area contributed by atoms with Crippen molar-refractivity contribution in [2.75, 3.05) is 12.4 Å². The van der Waals surface area contributed by atoms with Gasteiger partial charge in [0.1, 0.15) is 5.75 Å². The number of nitrogens with one attached hydrogen (secondary N) is 1. The number of hydrogen-bond donors (Lipinski definition) is 1. The van der Waals surface area contributed by atoms with E-state index in [1.165, 1.54) is 23.4 Å². The number of aromatic nitrogens is 2. The summed E-state index contributed by atoms with van der Waals surface area (Å²) in [5.74, 6) is 0.862. The standard InChI is InChI=1S/C14H13N3OS2/c1-18-8-5-6-10-12(7-8)20-14(16-10)17-13-15-9-3-2-4-11(9)19-13/h5-7H,2-4H2,1H3,(H,15,16,17). The minimum atomic E-state index is 0.862. The Kier molecular flexibility index (Phi) is 2.85. The van der Waals surface area contributed by atoms with E-state index in [1.54, 1.807) is 29.8 Å². The van der Waals surface area contributed by atoms with Gasteiger partial charge in [0.25, 0.3) is 0 Å². The summed E-state index contributed by atoms with van der Waals surface area (Å²) < 4.78 is 6.36. The minimum Gasteiger partial charge on any atom is -0.497 e. The lowest BCUT2D eigenvalue weighted by Crippen LogP contribution is -1.89. The number of hydrogen-bond acceptors (Lipinski definition) is 6. The van der Waals surface area contributed by atoms with E-state index in [0.29, 0.717) is 0 Å². The van der Waals surface area contributed by atoms with E-state index >= 15 is 0 Å². The first-order valence-corrected chi connectivity index (χ1v) is 8.15. The molecule has 0 aliphatic heterocycles. The molecule has 102 valence electrons. The van der Waals surface area contributed by atoms with Gasteiger partial charge in [-0.2, -0.15) is 0 Å². The Morgan fingerprint density at radius 1 is 1.15 bits per heavy atom. The second-order valence-corrected chi connectivity index (χ2v) is 6.83. The minimum absolute atomic E-state index is 0.862. The number of rotatable bonds is 3. The Morgan fingerprint density at radius 2 is 2.05 bits per heavy atom. The van der Waals surface area contributed by atoms with E-state index < -0.39 is 0 Å². The van der Waals surface area contributed by atoms with Crippen molar-refractivity contribution in [3.05, 3.63) is 28.8 Å². The zero-order chi connectivity index (χ0) is 13.5. The molecule has 2 heterocycles. The van der Waals surface area contributed by atoms with Crippen molar-refractivity contribution in [1.82, 2.24) is 9.97 Å². The molecule has 0 radical (unpaired) electrons. The third-order valence-corrected chi connectivity index (χ3v) is 5.41. The second kappa shape index (κ2) is 4.71. The lowest BCUT2D eigenvalue weighted by atomic mass is 10.3. The third-order valence-electron chi connectivity index (χ3n) is 3.41. The highest BCUT2D eigenvalue weighted by Crippen LogP contribution is 2.35. The lowest BCUT2D eigenvalue weighted by Gasteiger charge is -1.96. The molecule has 4 nitrogen and oxygen atoms in total. The maximum absolute atomic E-state index is 5.24. The quantitative estimate of drug-likeness (QED) is 0.794. The van der Waals surface area contributed by atoms with Crippen LogP contribution in [0, 0.1) is 0 Å². The fraction of sp³-hybridized carbons (Fsp3) is 0.286. The predicted molar refractivity (Wildman–Crippen MR) is 83.6 cm³/mol. The van der Waals surface area contributed by atoms with Crippen LogP contribution in [0.15, 0.2) is 18.2 Å². The molecule has 0 saturated carbocycles. The molecule has 3 aromatic rings. The van der Waals surface area contributed by atoms with E-state index in [-0.39, 0.29) is 0 Å². The summed E-state index contributed by atoms with van der Waals surface area (Å²) in [5.41, 5.74) is 2.25. The summed E-state index contributed by atoms with van der Waals surface area (Å²) >= 11 is 3.38. The van der Waals surface area contributed by atoms with Crippen LogP contribution >= 0.6 is 22.7 Å². The number of thiazole rings is 2. The highest BCUT2D eigenvalue weighted by molar-refractivity contribution is 7.22. The Balaban J connectivity index is 1.64. The Bertz CT molecular complexity index is 756. The lowest BCUT2D eigenvalue weighted by molar-refractivity contribution is 0.415. The highest BCUT2D eigenvalue weighted by atomic mass is 32.1. The molecular formula is C14H13N3OS2. The number of aryl methyl sites for hydroxylation is 2. The molecule has 0 saturated heterocycles. The topological polar surface area (TPSA) is 47.0 Å². The van der Waals surface area contributed by atoms with Crippen LogP contribution in [0.25, 0.3) is 10.2 Å². The first-order chi connectivity index (χ1) is 9.81. The fourth-order valence-electron chi connectivity index (χ4n) is 2.42. The average Bonchev–Trinajstić information content (AvgIpc) is 3.11. The molecular weight excluding hydrogens is 290 g/mol. The van der Waals surface area contributed by atoms with Gasteiger partial charge in [0.2, 0.25) is 0 Å². The van der Waals surface area contributed by atoms with Gasteiger partial charge >= 0.3 is 0 Å². The van der Waals surface area contributed by atoms with Crippen molar-refractivity contribution < 1.29 is 4.74 Å². The monoisotopic (exact) mass is 303 g/mol. The first kappa shape index (κ1) is 12.1. The van der Waals surface area contributed by atoms with Crippen LogP contribution in [0.3, 0.4) is 0 Å². The maximum Gasteiger partial charge on any atom is 0.190 e. The van der Waals surface area contributed by atoms with Crippen LogP contribution in [0.4, 0.5) is 10.3 Å². The summed E-state index contributed by atoms with van der Waals surface area (Å²) in [6, 6.07) is 5.93. The maximum atomic E-state index is 5.24. The van der Waals surface area contributed by atoms with Crippen molar-refractivity contribution in [2.45, 2.75) is 19.3 Å². The molecule has 0 spiro atoms. The van der Waals surface area contributed by atoms with E-state index in [0.717, 1.165) is 32.7 Å². The summed E-state index contributed by atoms with van der Waals surface area (Å²) in [6.07, 6.45) is 3.53. The molecule has 1 N–H and O–H groups in total. The number of ether oxygens (including phenoxy) is 1. The van der Waals surface area contributed by atoms with Crippen LogP contribution in [0.1, 0.15) is 17.0 Å². The second-order valence-electron chi connectivity index (χ2n) is 4.72. The van der Waals surface area contributed by atoms with E-state index in [1.807, 2.05) is 18.2 Å². The average molecular weight is 303 g/mol. The molecule has 0 bridgehead atoms. The normalized spacial score (nSPS) is 13.7. The Labute approximate surface area is 124 Å². The van der Waals surface area contributed by atoms with Crippen LogP contribution in [0.2, 0.25) is 0 Å². The molecule has 4 rings (SSSR count). The summed E-state index contributed by atoms with van der Waals surface area (Å²) in [4.78, 5) is 10.7. The van der Waals surface area contributed by atoms with Crippen molar-refractivity contribution in [1.29, 1.82) is 0 Å². The molecule has 0 atom stereocenters. The number of anilines is 2. The van der Waals surface area contributed by atoms with Gasteiger partial charge in [-0.05, 0) is 37.5 Å². The zero-order valence-corrected chi connectivity index (χ0v) is 12.6. The molecule has 1 aromatic carbocycles. The fourth-order valence-corrected chi connectivity index (χ4v) is 4.43. The van der Waals surface area contributed by atoms with E-state index in [4.69, 9.17) is 4.74 Å². The SMILES string of the molecule is COc1ccc2nc(Nc3nc4c(s3)CCC4)sc2c1. The smallest absolute Gasteiger partial charge is 0.190 e. The van der Waals surface area contributed by atoms with Crippen LogP contribution in [0.5, 0.6) is 5.75 Å². The van der Waals surface area contributed by atoms with E-state index in [2.05, 4.69) is 15.3 Å². The first-order valence-electron chi connectivity index (χ1n) is 6.52. The van der Waals surface area contributed by atoms with Crippen molar-refractivity contribution in [3.63, 3.8) is 0 Å². The van der Waals surface area contributed by atoms with Crippen molar-refractivity contribution >= 4 is 43.2 Å². The molecule has 0 unspecified atom stereocenters. The summed E-state index contributed by atoms with van der Waals surface area (Å²) in [5, 5.41) is 5.18. The van der Waals surface area contributed by atoms with Crippen LogP contribution in [-0.4, -0.2) is 17.1 Å². The number of methoxy groups -OCH3 is 1. The largest absolute Gasteiger partial charge is 0.497 e. The third kappa shape index (κ3) is 2.05. The van der Waals surface area contributed by atoms with Crippen LogP contribution < -0.4 is 10.1 Å². The molecule has 1 aliphatic carbocycles. The number of fused-ring (bicyclic) bond motifs is 2. The van der Waals surface area contributed by atoms with Gasteiger partial charge in [-0.15, -0.1) is 11.3 Å². The number of benzene rings is 1. The van der Waals surface area contributed by atoms with Gasteiger partial charge < -0.3 is 10.1 Å². The van der Waals surface area contributed by atoms with Crippen molar-refractivity contribution in [2.24, 2.45) is 0 Å². The zero-order valence-electron chi connectivity index (χ0n) is 11.0. The van der Waals surface area contributed by atoms with Crippen LogP contribution in [-0.2, 0) is 12.8 Å². The van der Waals surface area contributed by atoms with Gasteiger partial charge in [0, 0.05) is 4.88 Å². The Hall–Kier alpha value is -1.66. The van der Waals surface area contributed by atoms with Gasteiger partial charge in [-0.3, -0.25) is 0 Å². The van der Waals surface area contributed by atoms with Gasteiger partial charge in [-0.25, -0.2) is 9.97 Å². The van der Waals surface area contributed by atoms with Gasteiger partial charge in [0.05, 0.1) is 23.0 Å². The van der Waals surface area contributed by atoms with Gasteiger partial charge in [0.15, 0.2) is 10.3 Å². The predicted octanol–water partition coefficient (Wildman–Crippen LogP) is 3.99. The van der Waals surface area contributed by atoms with E-state index in [9.17, 15) is 0 Å². The molecule has 6 heteroatoms. The summed E-state index contributed by atoms with van der Waals surface area (Å²) in [6.45, 7) is 0. The number of nitrogens with zero attached hydrogens (tertiary/aromatic N) is 2. The highest BCUT2D eigenvalue weighted by Gasteiger charge is 2.17. The van der Waals surface area contributed by atoms with Gasteiger partial charge in [-0.1, -0.05) is 11.3 Å². The molecule has 0 amide bonds. The molecule has 1 aliphatic rings.